The van der Waals surface area contributed by atoms with Gasteiger partial charge in [-0.25, -0.2) is 4.39 Å². The Hall–Kier alpha value is -2.28. The van der Waals surface area contributed by atoms with Crippen molar-refractivity contribution < 1.29 is 14.2 Å². The van der Waals surface area contributed by atoms with Crippen LogP contribution in [0.3, 0.4) is 0 Å². The molecule has 7 heteroatoms. The molecular weight excluding hydrogens is 465 g/mol. The molecular formula is C28H35ClFN3O2. The van der Waals surface area contributed by atoms with Crippen molar-refractivity contribution in [2.45, 2.75) is 51.1 Å². The number of aliphatic hydroxyl groups excluding tert-OH is 1. The number of unbranched alkanes of at least 4 members (excludes halogenated alkanes) is 1. The van der Waals surface area contributed by atoms with Crippen molar-refractivity contribution in [1.82, 2.24) is 14.9 Å². The van der Waals surface area contributed by atoms with E-state index in [1.54, 1.807) is 13.2 Å². The van der Waals surface area contributed by atoms with Gasteiger partial charge in [-0.15, -0.1) is 0 Å². The van der Waals surface area contributed by atoms with Crippen LogP contribution in [-0.4, -0.2) is 53.3 Å². The third kappa shape index (κ3) is 6.49. The van der Waals surface area contributed by atoms with Crippen LogP contribution in [0.4, 0.5) is 4.39 Å². The number of aromatic nitrogens is 2. The van der Waals surface area contributed by atoms with Gasteiger partial charge in [0.15, 0.2) is 0 Å². The average Bonchev–Trinajstić information content (AvgIpc) is 2.90. The van der Waals surface area contributed by atoms with Crippen LogP contribution in [0.15, 0.2) is 48.8 Å². The molecule has 1 aliphatic heterocycles. The molecule has 188 valence electrons. The Morgan fingerprint density at radius 1 is 1.17 bits per heavy atom. The van der Waals surface area contributed by atoms with Crippen LogP contribution in [0, 0.1) is 5.41 Å². The molecule has 4 rings (SSSR count). The molecule has 1 atom stereocenters. The molecule has 0 saturated carbocycles. The number of alkyl halides is 1. The Balaban J connectivity index is 1.30. The molecule has 2 aromatic heterocycles. The summed E-state index contributed by atoms with van der Waals surface area (Å²) in [6.07, 6.45) is 8.11. The van der Waals surface area contributed by atoms with Crippen molar-refractivity contribution >= 4 is 22.5 Å². The molecule has 0 spiro atoms. The second-order valence-corrected chi connectivity index (χ2v) is 10.1. The topological polar surface area (TPSA) is 58.5 Å². The highest BCUT2D eigenvalue weighted by Crippen LogP contribution is 2.41. The maximum Gasteiger partial charge on any atom is 0.127 e. The summed E-state index contributed by atoms with van der Waals surface area (Å²) in [5.74, 6) is 0.647. The molecule has 1 saturated heterocycles. The number of methoxy groups -OCH3 is 1. The number of hydrogen-bond acceptors (Lipinski definition) is 5. The smallest absolute Gasteiger partial charge is 0.127 e. The van der Waals surface area contributed by atoms with Crippen molar-refractivity contribution in [3.8, 4) is 5.75 Å². The molecule has 5 nitrogen and oxygen atoms in total. The summed E-state index contributed by atoms with van der Waals surface area (Å²) in [4.78, 5) is 11.2. The van der Waals surface area contributed by atoms with Crippen molar-refractivity contribution in [3.05, 3.63) is 65.1 Å². The van der Waals surface area contributed by atoms with Gasteiger partial charge < -0.3 is 14.7 Å². The molecule has 0 bridgehead atoms. The maximum atomic E-state index is 15.6. The van der Waals surface area contributed by atoms with Gasteiger partial charge >= 0.3 is 0 Å². The van der Waals surface area contributed by atoms with Gasteiger partial charge in [0, 0.05) is 35.6 Å². The van der Waals surface area contributed by atoms with E-state index in [1.165, 1.54) is 6.20 Å². The first-order chi connectivity index (χ1) is 17.0. The van der Waals surface area contributed by atoms with Crippen molar-refractivity contribution in [2.24, 2.45) is 5.41 Å². The molecule has 1 fully saturated rings. The standard InChI is InChI=1S/C28H35ClFN3O2/c1-35-22-8-9-26-23(18-22)27(24(29)19-32-26)25(30)10-11-28(20-34)12-16-33(17-13-28)15-5-3-7-21-6-2-4-14-31-21/h2,4,6,8-9,14,18-19,25,34H,3,5,7,10-13,15-17,20H2,1H3/t25-/m1/s1. The van der Waals surface area contributed by atoms with Crippen LogP contribution in [0.1, 0.15) is 56.0 Å². The van der Waals surface area contributed by atoms with Crippen LogP contribution in [0.25, 0.3) is 10.9 Å². The van der Waals surface area contributed by atoms with E-state index in [0.29, 0.717) is 40.1 Å². The molecule has 0 unspecified atom stereocenters. The number of hydrogen-bond donors (Lipinski definition) is 1. The highest BCUT2D eigenvalue weighted by atomic mass is 35.5. The van der Waals surface area contributed by atoms with Crippen molar-refractivity contribution in [2.75, 3.05) is 33.4 Å². The van der Waals surface area contributed by atoms with Crippen LogP contribution in [0.5, 0.6) is 5.75 Å². The molecule has 1 aromatic carbocycles. The monoisotopic (exact) mass is 499 g/mol. The van der Waals surface area contributed by atoms with E-state index in [1.807, 2.05) is 30.5 Å². The van der Waals surface area contributed by atoms with E-state index in [-0.39, 0.29) is 12.0 Å². The lowest BCUT2D eigenvalue weighted by Crippen LogP contribution is -2.42. The zero-order valence-corrected chi connectivity index (χ0v) is 21.2. The summed E-state index contributed by atoms with van der Waals surface area (Å²) in [5, 5.41) is 11.3. The number of halogens is 2. The number of ether oxygens (including phenoxy) is 1. The highest BCUT2D eigenvalue weighted by molar-refractivity contribution is 6.32. The number of aryl methyl sites for hydroxylation is 1. The van der Waals surface area contributed by atoms with Gasteiger partial charge in [0.1, 0.15) is 11.9 Å². The van der Waals surface area contributed by atoms with Gasteiger partial charge in [0.2, 0.25) is 0 Å². The van der Waals surface area contributed by atoms with Gasteiger partial charge in [-0.05, 0) is 100 Å². The number of likely N-dealkylation sites (tertiary alicyclic amines) is 1. The van der Waals surface area contributed by atoms with Crippen LogP contribution < -0.4 is 4.74 Å². The first kappa shape index (κ1) is 25.8. The van der Waals surface area contributed by atoms with Gasteiger partial charge in [-0.1, -0.05) is 17.7 Å². The van der Waals surface area contributed by atoms with Gasteiger partial charge in [0.25, 0.3) is 0 Å². The summed E-state index contributed by atoms with van der Waals surface area (Å²) in [6, 6.07) is 11.5. The van der Waals surface area contributed by atoms with Crippen molar-refractivity contribution in [3.63, 3.8) is 0 Å². The number of fused-ring (bicyclic) bond motifs is 1. The number of nitrogens with zero attached hydrogens (tertiary/aromatic N) is 3. The van der Waals surface area contributed by atoms with E-state index in [2.05, 4.69) is 20.9 Å². The minimum absolute atomic E-state index is 0.0892. The van der Waals surface area contributed by atoms with Crippen molar-refractivity contribution in [1.29, 1.82) is 0 Å². The summed E-state index contributed by atoms with van der Waals surface area (Å²) < 4.78 is 20.9. The molecule has 0 aliphatic carbocycles. The average molecular weight is 500 g/mol. The molecule has 1 aliphatic rings. The largest absolute Gasteiger partial charge is 0.497 e. The quantitative estimate of drug-likeness (QED) is 0.319. The first-order valence-electron chi connectivity index (χ1n) is 12.5. The molecule has 1 N–H and O–H groups in total. The molecule has 3 heterocycles. The predicted octanol–water partition coefficient (Wildman–Crippen LogP) is 6.18. The molecule has 35 heavy (non-hydrogen) atoms. The number of benzene rings is 1. The van der Waals surface area contributed by atoms with Crippen LogP contribution >= 0.6 is 11.6 Å². The maximum absolute atomic E-state index is 15.6. The van der Waals surface area contributed by atoms with E-state index < -0.39 is 6.17 Å². The lowest BCUT2D eigenvalue weighted by molar-refractivity contribution is 0.0298. The summed E-state index contributed by atoms with van der Waals surface area (Å²) in [5.41, 5.74) is 2.07. The summed E-state index contributed by atoms with van der Waals surface area (Å²) >= 11 is 6.40. The molecule has 0 radical (unpaired) electrons. The fourth-order valence-electron chi connectivity index (χ4n) is 5.12. The van der Waals surface area contributed by atoms with Gasteiger partial charge in [0.05, 0.1) is 17.6 Å². The second-order valence-electron chi connectivity index (χ2n) is 9.69. The molecule has 3 aromatic rings. The zero-order valence-electron chi connectivity index (χ0n) is 20.4. The number of piperidine rings is 1. The Morgan fingerprint density at radius 3 is 2.71 bits per heavy atom. The Kier molecular flexibility index (Phi) is 8.93. The fraction of sp³-hybridized carbons (Fsp3) is 0.500. The predicted molar refractivity (Wildman–Crippen MR) is 139 cm³/mol. The minimum atomic E-state index is -1.23. The molecule has 0 amide bonds. The van der Waals surface area contributed by atoms with Gasteiger partial charge in [-0.3, -0.25) is 9.97 Å². The number of rotatable bonds is 11. The minimum Gasteiger partial charge on any atom is -0.497 e. The second kappa shape index (κ2) is 12.1. The van der Waals surface area contributed by atoms with E-state index in [4.69, 9.17) is 16.3 Å². The third-order valence-electron chi connectivity index (χ3n) is 7.45. The third-order valence-corrected chi connectivity index (χ3v) is 7.75. The van der Waals surface area contributed by atoms with Gasteiger partial charge in [-0.2, -0.15) is 0 Å². The first-order valence-corrected chi connectivity index (χ1v) is 12.9. The highest BCUT2D eigenvalue weighted by Gasteiger charge is 2.35. The lowest BCUT2D eigenvalue weighted by Gasteiger charge is -2.41. The zero-order chi connectivity index (χ0) is 24.7. The Labute approximate surface area is 212 Å². The number of pyridine rings is 2. The summed E-state index contributed by atoms with van der Waals surface area (Å²) in [6.45, 7) is 3.03. The fourth-order valence-corrected chi connectivity index (χ4v) is 5.39. The Bertz CT molecular complexity index is 1090. The van der Waals surface area contributed by atoms with Crippen LogP contribution in [0.2, 0.25) is 5.02 Å². The Morgan fingerprint density at radius 2 is 2.00 bits per heavy atom. The van der Waals surface area contributed by atoms with E-state index >= 15 is 4.39 Å². The van der Waals surface area contributed by atoms with Crippen LogP contribution in [-0.2, 0) is 6.42 Å². The SMILES string of the molecule is COc1ccc2ncc(Cl)c([C@H](F)CCC3(CO)CCN(CCCCc4ccccn4)CC3)c2c1. The summed E-state index contributed by atoms with van der Waals surface area (Å²) in [7, 11) is 1.59. The van der Waals surface area contributed by atoms with E-state index in [9.17, 15) is 5.11 Å². The number of aliphatic hydroxyl groups is 1. The normalized spacial score (nSPS) is 16.9. The lowest BCUT2D eigenvalue weighted by atomic mass is 9.74. The van der Waals surface area contributed by atoms with E-state index in [0.717, 1.165) is 57.4 Å².